The zero-order chi connectivity index (χ0) is 22.0. The number of amides is 2. The van der Waals surface area contributed by atoms with Crippen molar-refractivity contribution in [2.24, 2.45) is 0 Å². The maximum Gasteiger partial charge on any atom is 0.282 e. The maximum absolute atomic E-state index is 13.4. The summed E-state index contributed by atoms with van der Waals surface area (Å²) in [5.74, 6) is 0.287. The van der Waals surface area contributed by atoms with Crippen LogP contribution in [0.25, 0.3) is 5.57 Å². The number of carbonyl (C=O) groups is 2. The van der Waals surface area contributed by atoms with Crippen molar-refractivity contribution >= 4 is 28.8 Å². The van der Waals surface area contributed by atoms with Crippen LogP contribution in [0.15, 0.2) is 84.6 Å². The van der Waals surface area contributed by atoms with Gasteiger partial charge in [0.05, 0.1) is 18.4 Å². The van der Waals surface area contributed by atoms with Gasteiger partial charge in [0.1, 0.15) is 11.4 Å². The van der Waals surface area contributed by atoms with Crippen LogP contribution in [-0.4, -0.2) is 18.9 Å². The molecule has 3 aromatic rings. The van der Waals surface area contributed by atoms with Gasteiger partial charge < -0.3 is 10.1 Å². The molecule has 1 aliphatic rings. The molecule has 1 aliphatic heterocycles. The third-order valence-electron chi connectivity index (χ3n) is 5.30. The van der Waals surface area contributed by atoms with Crippen LogP contribution in [0, 0.1) is 0 Å². The molecule has 4 rings (SSSR count). The van der Waals surface area contributed by atoms with Crippen molar-refractivity contribution < 1.29 is 14.3 Å². The summed E-state index contributed by atoms with van der Waals surface area (Å²) >= 11 is 0. The van der Waals surface area contributed by atoms with E-state index in [-0.39, 0.29) is 17.5 Å². The van der Waals surface area contributed by atoms with Gasteiger partial charge in [0, 0.05) is 11.8 Å². The second kappa shape index (κ2) is 8.48. The summed E-state index contributed by atoms with van der Waals surface area (Å²) < 4.78 is 5.28. The van der Waals surface area contributed by atoms with E-state index in [1.54, 1.807) is 13.2 Å². The lowest BCUT2D eigenvalue weighted by Gasteiger charge is -2.16. The van der Waals surface area contributed by atoms with Gasteiger partial charge >= 0.3 is 0 Å². The van der Waals surface area contributed by atoms with Crippen LogP contribution < -0.4 is 15.0 Å². The molecule has 1 N–H and O–H groups in total. The Kier molecular flexibility index (Phi) is 5.58. The Morgan fingerprint density at radius 3 is 2.19 bits per heavy atom. The van der Waals surface area contributed by atoms with Crippen molar-refractivity contribution in [1.82, 2.24) is 0 Å². The predicted molar refractivity (Wildman–Crippen MR) is 123 cm³/mol. The number of benzene rings is 3. The van der Waals surface area contributed by atoms with E-state index in [0.29, 0.717) is 34.2 Å². The fraction of sp³-hybridized carbons (Fsp3) is 0.154. The number of imide groups is 1. The molecule has 0 saturated heterocycles. The molecule has 2 amide bonds. The molecule has 5 nitrogen and oxygen atoms in total. The summed E-state index contributed by atoms with van der Waals surface area (Å²) in [4.78, 5) is 28.1. The number of methoxy groups -OCH3 is 1. The summed E-state index contributed by atoms with van der Waals surface area (Å²) in [6.45, 7) is 4.21. The summed E-state index contributed by atoms with van der Waals surface area (Å²) in [5, 5.41) is 3.16. The molecule has 0 saturated carbocycles. The van der Waals surface area contributed by atoms with E-state index in [0.717, 1.165) is 5.56 Å². The second-order valence-corrected chi connectivity index (χ2v) is 7.66. The van der Waals surface area contributed by atoms with E-state index in [1.165, 1.54) is 4.90 Å². The molecule has 31 heavy (non-hydrogen) atoms. The smallest absolute Gasteiger partial charge is 0.282 e. The number of rotatable bonds is 6. The molecule has 3 aromatic carbocycles. The van der Waals surface area contributed by atoms with Crippen LogP contribution in [0.3, 0.4) is 0 Å². The van der Waals surface area contributed by atoms with E-state index in [9.17, 15) is 9.59 Å². The summed E-state index contributed by atoms with van der Waals surface area (Å²) in [6.07, 6.45) is 0. The van der Waals surface area contributed by atoms with Gasteiger partial charge in [-0.2, -0.15) is 0 Å². The van der Waals surface area contributed by atoms with Gasteiger partial charge in [-0.15, -0.1) is 0 Å². The molecule has 0 atom stereocenters. The highest BCUT2D eigenvalue weighted by molar-refractivity contribution is 6.46. The number of ether oxygens (including phenoxy) is 1. The Morgan fingerprint density at radius 1 is 0.839 bits per heavy atom. The predicted octanol–water partition coefficient (Wildman–Crippen LogP) is 5.22. The van der Waals surface area contributed by atoms with E-state index < -0.39 is 0 Å². The van der Waals surface area contributed by atoms with Gasteiger partial charge in [-0.1, -0.05) is 62.4 Å². The van der Waals surface area contributed by atoms with Gasteiger partial charge in [-0.3, -0.25) is 9.59 Å². The zero-order valence-corrected chi connectivity index (χ0v) is 17.8. The van der Waals surface area contributed by atoms with Crippen LogP contribution in [0.1, 0.15) is 30.9 Å². The molecular formula is C26H24N2O3. The van der Waals surface area contributed by atoms with E-state index in [2.05, 4.69) is 19.2 Å². The minimum absolute atomic E-state index is 0.248. The molecule has 5 heteroatoms. The third kappa shape index (κ3) is 3.94. The largest absolute Gasteiger partial charge is 0.497 e. The van der Waals surface area contributed by atoms with Crippen molar-refractivity contribution in [3.63, 3.8) is 0 Å². The van der Waals surface area contributed by atoms with Gasteiger partial charge in [0.15, 0.2) is 0 Å². The number of hydrogen-bond donors (Lipinski definition) is 1. The van der Waals surface area contributed by atoms with Gasteiger partial charge in [-0.25, -0.2) is 4.90 Å². The van der Waals surface area contributed by atoms with E-state index in [1.807, 2.05) is 72.8 Å². The van der Waals surface area contributed by atoms with Crippen LogP contribution in [0.5, 0.6) is 5.75 Å². The normalized spacial score (nSPS) is 13.9. The van der Waals surface area contributed by atoms with Crippen molar-refractivity contribution in [3.05, 3.63) is 95.7 Å². The van der Waals surface area contributed by atoms with Crippen LogP contribution in [-0.2, 0) is 9.59 Å². The monoisotopic (exact) mass is 412 g/mol. The lowest BCUT2D eigenvalue weighted by molar-refractivity contribution is -0.120. The first-order valence-electron chi connectivity index (χ1n) is 10.2. The summed E-state index contributed by atoms with van der Waals surface area (Å²) in [5.41, 5.74) is 3.65. The number of anilines is 2. The molecule has 0 spiro atoms. The SMILES string of the molecule is COc1cccc(NC2=C(c3ccccc3)C(=O)N(c3ccc(C(C)C)cc3)C2=O)c1. The Hall–Kier alpha value is -3.86. The zero-order valence-electron chi connectivity index (χ0n) is 17.8. The Bertz CT molecular complexity index is 1150. The molecule has 0 bridgehead atoms. The molecule has 0 unspecified atom stereocenters. The van der Waals surface area contributed by atoms with Gasteiger partial charge in [0.2, 0.25) is 0 Å². The average molecular weight is 412 g/mol. The van der Waals surface area contributed by atoms with Crippen LogP contribution in [0.4, 0.5) is 11.4 Å². The first-order chi connectivity index (χ1) is 15.0. The number of hydrogen-bond acceptors (Lipinski definition) is 4. The van der Waals surface area contributed by atoms with Crippen LogP contribution >= 0.6 is 0 Å². The summed E-state index contributed by atoms with van der Waals surface area (Å²) in [6, 6.07) is 24.1. The molecule has 0 fully saturated rings. The molecule has 156 valence electrons. The quantitative estimate of drug-likeness (QED) is 0.564. The maximum atomic E-state index is 13.4. The standard InChI is InChI=1S/C26H24N2O3/c1-17(2)18-12-14-21(15-13-18)28-25(29)23(19-8-5-4-6-9-19)24(26(28)30)27-20-10-7-11-22(16-20)31-3/h4-17,27H,1-3H3. The Labute approximate surface area is 182 Å². The highest BCUT2D eigenvalue weighted by atomic mass is 16.5. The average Bonchev–Trinajstić information content (AvgIpc) is 3.03. The fourth-order valence-corrected chi connectivity index (χ4v) is 3.61. The molecule has 0 radical (unpaired) electrons. The first kappa shape index (κ1) is 20.4. The Morgan fingerprint density at radius 2 is 1.55 bits per heavy atom. The minimum atomic E-state index is -0.385. The lowest BCUT2D eigenvalue weighted by Crippen LogP contribution is -2.32. The van der Waals surface area contributed by atoms with Gasteiger partial charge in [-0.05, 0) is 41.3 Å². The molecule has 0 aliphatic carbocycles. The minimum Gasteiger partial charge on any atom is -0.497 e. The van der Waals surface area contributed by atoms with Crippen molar-refractivity contribution in [1.29, 1.82) is 0 Å². The lowest BCUT2D eigenvalue weighted by atomic mass is 10.0. The number of nitrogens with zero attached hydrogens (tertiary/aromatic N) is 1. The highest BCUT2D eigenvalue weighted by Crippen LogP contribution is 2.34. The topological polar surface area (TPSA) is 58.6 Å². The third-order valence-corrected chi connectivity index (χ3v) is 5.30. The second-order valence-electron chi connectivity index (χ2n) is 7.66. The van der Waals surface area contributed by atoms with E-state index >= 15 is 0 Å². The highest BCUT2D eigenvalue weighted by Gasteiger charge is 2.40. The van der Waals surface area contributed by atoms with Crippen molar-refractivity contribution in [2.75, 3.05) is 17.3 Å². The van der Waals surface area contributed by atoms with Crippen molar-refractivity contribution in [2.45, 2.75) is 19.8 Å². The number of carbonyl (C=O) groups excluding carboxylic acids is 2. The molecule has 0 aromatic heterocycles. The molecule has 1 heterocycles. The van der Waals surface area contributed by atoms with Gasteiger partial charge in [0.25, 0.3) is 11.8 Å². The summed E-state index contributed by atoms with van der Waals surface area (Å²) in [7, 11) is 1.58. The fourth-order valence-electron chi connectivity index (χ4n) is 3.61. The number of nitrogens with one attached hydrogen (secondary N) is 1. The Balaban J connectivity index is 1.77. The molecular weight excluding hydrogens is 388 g/mol. The van der Waals surface area contributed by atoms with Crippen LogP contribution in [0.2, 0.25) is 0 Å². The van der Waals surface area contributed by atoms with E-state index in [4.69, 9.17) is 4.74 Å². The van der Waals surface area contributed by atoms with Crippen molar-refractivity contribution in [3.8, 4) is 5.75 Å². The first-order valence-corrected chi connectivity index (χ1v) is 10.2.